The lowest BCUT2D eigenvalue weighted by Crippen LogP contribution is -2.28. The summed E-state index contributed by atoms with van der Waals surface area (Å²) in [4.78, 5) is 11.7. The van der Waals surface area contributed by atoms with Crippen LogP contribution in [0.25, 0.3) is 0 Å². The van der Waals surface area contributed by atoms with Crippen molar-refractivity contribution in [1.82, 2.24) is 0 Å². The largest absolute Gasteiger partial charge is 0.370 e. The number of benzene rings is 2. The van der Waals surface area contributed by atoms with Gasteiger partial charge in [-0.2, -0.15) is 0 Å². The predicted octanol–water partition coefficient (Wildman–Crippen LogP) is 4.50. The van der Waals surface area contributed by atoms with Crippen molar-refractivity contribution in [1.29, 1.82) is 0 Å². The molecule has 6 heteroatoms. The first-order chi connectivity index (χ1) is 9.47. The molecule has 2 aromatic rings. The van der Waals surface area contributed by atoms with Crippen LogP contribution in [0.4, 0.5) is 5.69 Å². The van der Waals surface area contributed by atoms with E-state index in [1.807, 2.05) is 24.3 Å². The summed E-state index contributed by atoms with van der Waals surface area (Å²) in [6.07, 6.45) is 0. The molecule has 0 aliphatic carbocycles. The van der Waals surface area contributed by atoms with Crippen molar-refractivity contribution in [3.8, 4) is 0 Å². The minimum absolute atomic E-state index is 0.465. The lowest BCUT2D eigenvalue weighted by Gasteiger charge is -2.19. The molecule has 3 nitrogen and oxygen atoms in total. The van der Waals surface area contributed by atoms with E-state index in [1.54, 1.807) is 18.2 Å². The van der Waals surface area contributed by atoms with Crippen molar-refractivity contribution in [3.05, 3.63) is 62.0 Å². The number of amides is 1. The van der Waals surface area contributed by atoms with E-state index in [2.05, 4.69) is 37.2 Å². The summed E-state index contributed by atoms with van der Waals surface area (Å²) >= 11 is 12.7. The minimum atomic E-state index is -0.643. The topological polar surface area (TPSA) is 55.1 Å². The second kappa shape index (κ2) is 6.61. The Morgan fingerprint density at radius 3 is 2.55 bits per heavy atom. The molecule has 1 atom stereocenters. The van der Waals surface area contributed by atoms with Crippen molar-refractivity contribution < 1.29 is 4.79 Å². The van der Waals surface area contributed by atoms with Crippen LogP contribution >= 0.6 is 43.5 Å². The van der Waals surface area contributed by atoms with E-state index >= 15 is 0 Å². The molecule has 3 N–H and O–H groups in total. The summed E-state index contributed by atoms with van der Waals surface area (Å²) in [5, 5.41) is 3.71. The van der Waals surface area contributed by atoms with Gasteiger partial charge in [-0.25, -0.2) is 0 Å². The van der Waals surface area contributed by atoms with Gasteiger partial charge in [0.05, 0.1) is 0 Å². The summed E-state index contributed by atoms with van der Waals surface area (Å²) < 4.78 is 1.65. The molecule has 0 saturated heterocycles. The van der Waals surface area contributed by atoms with Gasteiger partial charge in [-0.15, -0.1) is 0 Å². The van der Waals surface area contributed by atoms with Gasteiger partial charge in [0.1, 0.15) is 6.04 Å². The van der Waals surface area contributed by atoms with Crippen LogP contribution in [0.1, 0.15) is 11.6 Å². The van der Waals surface area contributed by atoms with E-state index in [4.69, 9.17) is 17.3 Å². The molecular formula is C14H11Br2ClN2O. The van der Waals surface area contributed by atoms with Gasteiger partial charge in [0.15, 0.2) is 0 Å². The summed E-state index contributed by atoms with van der Waals surface area (Å²) in [6.45, 7) is 0. The molecular weight excluding hydrogens is 407 g/mol. The molecule has 0 bridgehead atoms. The molecule has 2 aromatic carbocycles. The van der Waals surface area contributed by atoms with Crippen molar-refractivity contribution in [3.63, 3.8) is 0 Å². The third-order valence-corrected chi connectivity index (χ3v) is 4.11. The maximum atomic E-state index is 11.7. The maximum absolute atomic E-state index is 11.7. The number of primary amides is 1. The van der Waals surface area contributed by atoms with Crippen LogP contribution in [-0.2, 0) is 4.79 Å². The number of nitrogens with two attached hydrogens (primary N) is 1. The number of halogens is 3. The maximum Gasteiger partial charge on any atom is 0.244 e. The van der Waals surface area contributed by atoms with Crippen LogP contribution in [0.5, 0.6) is 0 Å². The standard InChI is InChI=1S/C14H11Br2ClN2O/c15-8-2-1-3-10(6-8)19-13(14(18)20)11-5-4-9(17)7-12(11)16/h1-7,13,19H,(H2,18,20). The molecule has 0 fully saturated rings. The van der Waals surface area contributed by atoms with Gasteiger partial charge in [0.25, 0.3) is 0 Å². The lowest BCUT2D eigenvalue weighted by atomic mass is 10.1. The number of hydrogen-bond donors (Lipinski definition) is 2. The van der Waals surface area contributed by atoms with Gasteiger partial charge in [-0.05, 0) is 35.9 Å². The van der Waals surface area contributed by atoms with E-state index in [0.29, 0.717) is 5.02 Å². The Bertz CT molecular complexity index is 649. The van der Waals surface area contributed by atoms with Crippen LogP contribution in [-0.4, -0.2) is 5.91 Å². The van der Waals surface area contributed by atoms with Gasteiger partial charge in [0.2, 0.25) is 5.91 Å². The Balaban J connectivity index is 2.34. The zero-order valence-corrected chi connectivity index (χ0v) is 14.2. The van der Waals surface area contributed by atoms with Crippen LogP contribution in [0.2, 0.25) is 5.02 Å². The second-order valence-corrected chi connectivity index (χ2v) is 6.36. The second-order valence-electron chi connectivity index (χ2n) is 4.16. The van der Waals surface area contributed by atoms with Crippen molar-refractivity contribution in [2.75, 3.05) is 5.32 Å². The molecule has 0 aliphatic heterocycles. The Morgan fingerprint density at radius 1 is 1.20 bits per heavy atom. The Hall–Kier alpha value is -1.04. The predicted molar refractivity (Wildman–Crippen MR) is 88.9 cm³/mol. The Labute approximate surface area is 138 Å². The van der Waals surface area contributed by atoms with Gasteiger partial charge in [0, 0.05) is 19.7 Å². The van der Waals surface area contributed by atoms with Crippen LogP contribution in [0.15, 0.2) is 51.4 Å². The molecule has 0 spiro atoms. The van der Waals surface area contributed by atoms with Gasteiger partial charge < -0.3 is 11.1 Å². The Kier molecular flexibility index (Phi) is 5.07. The average molecular weight is 419 g/mol. The minimum Gasteiger partial charge on any atom is -0.370 e. The highest BCUT2D eigenvalue weighted by Crippen LogP contribution is 2.29. The van der Waals surface area contributed by atoms with E-state index in [1.165, 1.54) is 0 Å². The summed E-state index contributed by atoms with van der Waals surface area (Å²) in [5.74, 6) is -0.465. The zero-order valence-electron chi connectivity index (χ0n) is 10.2. The molecule has 0 heterocycles. The lowest BCUT2D eigenvalue weighted by molar-refractivity contribution is -0.118. The smallest absolute Gasteiger partial charge is 0.244 e. The molecule has 20 heavy (non-hydrogen) atoms. The van der Waals surface area contributed by atoms with Crippen molar-refractivity contribution in [2.45, 2.75) is 6.04 Å². The van der Waals surface area contributed by atoms with Crippen LogP contribution in [0.3, 0.4) is 0 Å². The Morgan fingerprint density at radius 2 is 1.95 bits per heavy atom. The fourth-order valence-corrected chi connectivity index (χ4v) is 3.09. The quantitative estimate of drug-likeness (QED) is 0.768. The normalized spacial score (nSPS) is 11.9. The van der Waals surface area contributed by atoms with E-state index in [9.17, 15) is 4.79 Å². The van der Waals surface area contributed by atoms with Crippen molar-refractivity contribution in [2.24, 2.45) is 5.73 Å². The van der Waals surface area contributed by atoms with E-state index in [0.717, 1.165) is 20.2 Å². The summed E-state index contributed by atoms with van der Waals surface area (Å²) in [6, 6.07) is 12.1. The molecule has 1 amide bonds. The molecule has 0 aliphatic rings. The molecule has 104 valence electrons. The molecule has 0 radical (unpaired) electrons. The fraction of sp³-hybridized carbons (Fsp3) is 0.0714. The molecule has 1 unspecified atom stereocenters. The van der Waals surface area contributed by atoms with Gasteiger partial charge in [-0.1, -0.05) is 55.6 Å². The number of carbonyl (C=O) groups excluding carboxylic acids is 1. The molecule has 0 saturated carbocycles. The van der Waals surface area contributed by atoms with Crippen LogP contribution < -0.4 is 11.1 Å². The first-order valence-corrected chi connectivity index (χ1v) is 7.70. The van der Waals surface area contributed by atoms with Crippen LogP contribution in [0, 0.1) is 0 Å². The van der Waals surface area contributed by atoms with E-state index < -0.39 is 11.9 Å². The highest BCUT2D eigenvalue weighted by Gasteiger charge is 2.20. The zero-order chi connectivity index (χ0) is 14.7. The van der Waals surface area contributed by atoms with Gasteiger partial charge >= 0.3 is 0 Å². The monoisotopic (exact) mass is 416 g/mol. The SMILES string of the molecule is NC(=O)C(Nc1cccc(Br)c1)c1ccc(Cl)cc1Br. The summed E-state index contributed by atoms with van der Waals surface area (Å²) in [5.41, 5.74) is 7.03. The first-order valence-electron chi connectivity index (χ1n) is 5.74. The molecule has 0 aromatic heterocycles. The van der Waals surface area contributed by atoms with E-state index in [-0.39, 0.29) is 0 Å². The first kappa shape index (κ1) is 15.4. The fourth-order valence-electron chi connectivity index (χ4n) is 1.78. The highest BCUT2D eigenvalue weighted by atomic mass is 79.9. The third-order valence-electron chi connectivity index (χ3n) is 2.69. The number of anilines is 1. The average Bonchev–Trinajstić information content (AvgIpc) is 2.36. The summed E-state index contributed by atoms with van der Waals surface area (Å²) in [7, 11) is 0. The highest BCUT2D eigenvalue weighted by molar-refractivity contribution is 9.10. The molecule has 2 rings (SSSR count). The number of hydrogen-bond acceptors (Lipinski definition) is 2. The number of nitrogens with one attached hydrogen (secondary N) is 1. The van der Waals surface area contributed by atoms with Gasteiger partial charge in [-0.3, -0.25) is 4.79 Å². The third kappa shape index (κ3) is 3.75. The van der Waals surface area contributed by atoms with Crippen molar-refractivity contribution >= 4 is 55.1 Å². The number of rotatable bonds is 4. The number of carbonyl (C=O) groups is 1.